The van der Waals surface area contributed by atoms with Crippen LogP contribution in [0.2, 0.25) is 0 Å². The van der Waals surface area contributed by atoms with E-state index in [2.05, 4.69) is 47.1 Å². The van der Waals surface area contributed by atoms with Gasteiger partial charge in [-0.2, -0.15) is 0 Å². The molecule has 104 valence electrons. The lowest BCUT2D eigenvalue weighted by Crippen LogP contribution is -2.37. The van der Waals surface area contributed by atoms with Gasteiger partial charge in [-0.3, -0.25) is 0 Å². The Kier molecular flexibility index (Phi) is 4.07. The molecule has 0 amide bonds. The molecule has 1 atom stereocenters. The Morgan fingerprint density at radius 1 is 1.00 bits per heavy atom. The molecule has 1 aromatic rings. The van der Waals surface area contributed by atoms with Crippen molar-refractivity contribution in [2.45, 2.75) is 26.2 Å². The van der Waals surface area contributed by atoms with Gasteiger partial charge in [-0.05, 0) is 56.3 Å². The number of hydrogen-bond acceptors (Lipinski definition) is 2. The van der Waals surface area contributed by atoms with Gasteiger partial charge >= 0.3 is 0 Å². The normalized spacial score (nSPS) is 25.9. The lowest BCUT2D eigenvalue weighted by Gasteiger charge is -2.32. The van der Waals surface area contributed by atoms with Gasteiger partial charge in [-0.1, -0.05) is 25.1 Å². The van der Waals surface area contributed by atoms with Crippen LogP contribution in [-0.4, -0.2) is 37.6 Å². The number of benzene rings is 1. The molecule has 0 aromatic heterocycles. The predicted octanol–water partition coefficient (Wildman–Crippen LogP) is 3.24. The third kappa shape index (κ3) is 3.30. The van der Waals surface area contributed by atoms with Crippen molar-refractivity contribution in [3.05, 3.63) is 30.3 Å². The van der Waals surface area contributed by atoms with Crippen molar-refractivity contribution in [3.8, 4) is 0 Å². The van der Waals surface area contributed by atoms with Crippen LogP contribution in [0.1, 0.15) is 26.2 Å². The zero-order valence-electron chi connectivity index (χ0n) is 12.1. The molecule has 0 radical (unpaired) electrons. The molecule has 2 aliphatic rings. The van der Waals surface area contributed by atoms with Gasteiger partial charge in [0.2, 0.25) is 0 Å². The van der Waals surface area contributed by atoms with Gasteiger partial charge in [0, 0.05) is 25.3 Å². The molecule has 2 fully saturated rings. The topological polar surface area (TPSA) is 6.48 Å². The minimum atomic E-state index is 0.869. The number of piperidine rings is 1. The Morgan fingerprint density at radius 2 is 1.74 bits per heavy atom. The van der Waals surface area contributed by atoms with E-state index in [9.17, 15) is 0 Å². The molecular formula is C17H26N2. The summed E-state index contributed by atoms with van der Waals surface area (Å²) < 4.78 is 0. The highest BCUT2D eigenvalue weighted by atomic mass is 15.2. The minimum Gasteiger partial charge on any atom is -0.371 e. The quantitative estimate of drug-likeness (QED) is 0.821. The van der Waals surface area contributed by atoms with Gasteiger partial charge in [-0.25, -0.2) is 0 Å². The highest BCUT2D eigenvalue weighted by Gasteiger charge is 2.25. The van der Waals surface area contributed by atoms with E-state index in [1.54, 1.807) is 0 Å². The first-order valence-electron chi connectivity index (χ1n) is 7.83. The van der Waals surface area contributed by atoms with E-state index in [1.807, 2.05) is 0 Å². The average Bonchev–Trinajstić information content (AvgIpc) is 2.91. The van der Waals surface area contributed by atoms with Gasteiger partial charge in [0.15, 0.2) is 0 Å². The summed E-state index contributed by atoms with van der Waals surface area (Å²) in [5, 5.41) is 0. The molecule has 19 heavy (non-hydrogen) atoms. The van der Waals surface area contributed by atoms with E-state index in [4.69, 9.17) is 0 Å². The molecule has 0 saturated carbocycles. The zero-order valence-corrected chi connectivity index (χ0v) is 12.1. The summed E-state index contributed by atoms with van der Waals surface area (Å²) in [7, 11) is 0. The van der Waals surface area contributed by atoms with Crippen LogP contribution in [0, 0.1) is 11.8 Å². The fraction of sp³-hybridized carbons (Fsp3) is 0.647. The standard InChI is InChI=1S/C17H26N2/c1-15-7-10-18(11-8-15)13-16-9-12-19(14-16)17-5-3-2-4-6-17/h2-6,15-16H,7-14H2,1H3. The molecule has 0 spiro atoms. The van der Waals surface area contributed by atoms with E-state index in [0.717, 1.165) is 11.8 Å². The number of rotatable bonds is 3. The second kappa shape index (κ2) is 5.96. The maximum absolute atomic E-state index is 2.69. The first-order valence-corrected chi connectivity index (χ1v) is 7.83. The Bertz CT molecular complexity index is 382. The second-order valence-corrected chi connectivity index (χ2v) is 6.42. The molecule has 0 aliphatic carbocycles. The van der Waals surface area contributed by atoms with Crippen molar-refractivity contribution in [3.63, 3.8) is 0 Å². The molecule has 2 saturated heterocycles. The molecule has 2 nitrogen and oxygen atoms in total. The first-order chi connectivity index (χ1) is 9.31. The van der Waals surface area contributed by atoms with Gasteiger partial charge in [-0.15, -0.1) is 0 Å². The Hall–Kier alpha value is -1.02. The van der Waals surface area contributed by atoms with Crippen molar-refractivity contribution in [1.29, 1.82) is 0 Å². The summed E-state index contributed by atoms with van der Waals surface area (Å²) in [6, 6.07) is 10.9. The summed E-state index contributed by atoms with van der Waals surface area (Å²) in [5.41, 5.74) is 1.40. The van der Waals surface area contributed by atoms with E-state index in [0.29, 0.717) is 0 Å². The first kappa shape index (κ1) is 13.0. The molecular weight excluding hydrogens is 232 g/mol. The van der Waals surface area contributed by atoms with Crippen LogP contribution in [0.3, 0.4) is 0 Å². The smallest absolute Gasteiger partial charge is 0.0366 e. The average molecular weight is 258 g/mol. The summed E-state index contributed by atoms with van der Waals surface area (Å²) in [5.74, 6) is 1.81. The third-order valence-corrected chi connectivity index (χ3v) is 4.80. The third-order valence-electron chi connectivity index (χ3n) is 4.80. The maximum atomic E-state index is 2.69. The summed E-state index contributed by atoms with van der Waals surface area (Å²) >= 11 is 0. The van der Waals surface area contributed by atoms with Crippen LogP contribution in [0.15, 0.2) is 30.3 Å². The van der Waals surface area contributed by atoms with Gasteiger partial charge < -0.3 is 9.80 Å². The van der Waals surface area contributed by atoms with Crippen molar-refractivity contribution in [2.24, 2.45) is 11.8 Å². The number of nitrogens with zero attached hydrogens (tertiary/aromatic N) is 2. The number of anilines is 1. The molecule has 0 N–H and O–H groups in total. The summed E-state index contributed by atoms with van der Waals surface area (Å²) in [6.45, 7) is 8.83. The van der Waals surface area contributed by atoms with Gasteiger partial charge in [0.1, 0.15) is 0 Å². The Balaban J connectivity index is 1.49. The monoisotopic (exact) mass is 258 g/mol. The van der Waals surface area contributed by atoms with Crippen LogP contribution >= 0.6 is 0 Å². The molecule has 2 heterocycles. The lowest BCUT2D eigenvalue weighted by atomic mass is 9.98. The Morgan fingerprint density at radius 3 is 2.47 bits per heavy atom. The molecule has 2 heteroatoms. The predicted molar refractivity (Wildman–Crippen MR) is 81.6 cm³/mol. The summed E-state index contributed by atoms with van der Waals surface area (Å²) in [4.78, 5) is 5.25. The van der Waals surface area contributed by atoms with Gasteiger partial charge in [0.05, 0.1) is 0 Å². The van der Waals surface area contributed by atoms with Crippen LogP contribution < -0.4 is 4.90 Å². The summed E-state index contributed by atoms with van der Waals surface area (Å²) in [6.07, 6.45) is 4.16. The van der Waals surface area contributed by atoms with Crippen molar-refractivity contribution in [1.82, 2.24) is 4.90 Å². The number of likely N-dealkylation sites (tertiary alicyclic amines) is 1. The highest BCUT2D eigenvalue weighted by molar-refractivity contribution is 5.46. The molecule has 1 aromatic carbocycles. The fourth-order valence-electron chi connectivity index (χ4n) is 3.46. The molecule has 2 aliphatic heterocycles. The maximum Gasteiger partial charge on any atom is 0.0366 e. The van der Waals surface area contributed by atoms with Crippen LogP contribution in [0.5, 0.6) is 0 Å². The molecule has 3 rings (SSSR count). The van der Waals surface area contributed by atoms with Crippen molar-refractivity contribution in [2.75, 3.05) is 37.6 Å². The van der Waals surface area contributed by atoms with Gasteiger partial charge in [0.25, 0.3) is 0 Å². The van der Waals surface area contributed by atoms with E-state index in [1.165, 1.54) is 57.7 Å². The van der Waals surface area contributed by atoms with Crippen molar-refractivity contribution < 1.29 is 0 Å². The molecule has 1 unspecified atom stereocenters. The van der Waals surface area contributed by atoms with Crippen LogP contribution in [-0.2, 0) is 0 Å². The Labute approximate surface area is 117 Å². The van der Waals surface area contributed by atoms with Crippen LogP contribution in [0.25, 0.3) is 0 Å². The number of para-hydroxylation sites is 1. The highest BCUT2D eigenvalue weighted by Crippen LogP contribution is 2.25. The fourth-order valence-corrected chi connectivity index (χ4v) is 3.46. The molecule has 0 bridgehead atoms. The largest absolute Gasteiger partial charge is 0.371 e. The van der Waals surface area contributed by atoms with E-state index in [-0.39, 0.29) is 0 Å². The SMILES string of the molecule is CC1CCN(CC2CCN(c3ccccc3)C2)CC1. The zero-order chi connectivity index (χ0) is 13.1. The second-order valence-electron chi connectivity index (χ2n) is 6.42. The number of hydrogen-bond donors (Lipinski definition) is 0. The lowest BCUT2D eigenvalue weighted by molar-refractivity contribution is 0.171. The van der Waals surface area contributed by atoms with Crippen LogP contribution in [0.4, 0.5) is 5.69 Å². The van der Waals surface area contributed by atoms with Crippen molar-refractivity contribution >= 4 is 5.69 Å². The van der Waals surface area contributed by atoms with E-state index >= 15 is 0 Å². The minimum absolute atomic E-state index is 0.869. The van der Waals surface area contributed by atoms with E-state index < -0.39 is 0 Å².